The molecule has 7 heteroatoms. The summed E-state index contributed by atoms with van der Waals surface area (Å²) in [5.41, 5.74) is 0.572. The molecule has 0 spiro atoms. The summed E-state index contributed by atoms with van der Waals surface area (Å²) in [5.74, 6) is -1.23. The predicted octanol–water partition coefficient (Wildman–Crippen LogP) is 3.65. The van der Waals surface area contributed by atoms with Crippen LogP contribution in [0.2, 0.25) is 0 Å². The highest BCUT2D eigenvalue weighted by Gasteiger charge is 2.34. The van der Waals surface area contributed by atoms with Crippen molar-refractivity contribution in [2.45, 2.75) is 12.6 Å². The smallest absolute Gasteiger partial charge is 0.419 e. The second kappa shape index (κ2) is 5.12. The van der Waals surface area contributed by atoms with Gasteiger partial charge in [-0.3, -0.25) is 4.79 Å². The van der Waals surface area contributed by atoms with E-state index in [9.17, 15) is 23.1 Å². The number of Topliss-reactive ketones (excluding diaryl/α,β-unsaturated/α-hetero) is 1. The molecule has 3 rings (SSSR count). The number of hydrogen-bond acceptors (Lipinski definition) is 4. The van der Waals surface area contributed by atoms with Gasteiger partial charge in [-0.1, -0.05) is 29.4 Å². The molecule has 2 aromatic carbocycles. The van der Waals surface area contributed by atoms with Crippen molar-refractivity contribution in [1.29, 1.82) is 0 Å². The molecule has 0 heterocycles. The molecule has 2 N–H and O–H groups in total. The Labute approximate surface area is 128 Å². The molecule has 0 aromatic heterocycles. The zero-order valence-corrected chi connectivity index (χ0v) is 11.6. The van der Waals surface area contributed by atoms with Crippen molar-refractivity contribution in [3.8, 4) is 16.9 Å². The second-order valence-electron chi connectivity index (χ2n) is 5.15. The van der Waals surface area contributed by atoms with Gasteiger partial charge >= 0.3 is 6.18 Å². The molecule has 0 atom stereocenters. The van der Waals surface area contributed by atoms with Crippen LogP contribution in [0.15, 0.2) is 41.6 Å². The lowest BCUT2D eigenvalue weighted by Gasteiger charge is -2.11. The standard InChI is InChI=1S/C16H10F3NO3/c17-16(18,19)12-6-9(2-4-14(12)21)8-1-3-11-10(5-8)7-13(20-23)15(11)22/h1-6,21,23H,7H2/b20-13+. The van der Waals surface area contributed by atoms with Gasteiger partial charge in [-0.15, -0.1) is 0 Å². The van der Waals surface area contributed by atoms with Crippen LogP contribution < -0.4 is 0 Å². The van der Waals surface area contributed by atoms with Crippen LogP contribution in [0.1, 0.15) is 21.5 Å². The summed E-state index contributed by atoms with van der Waals surface area (Å²) in [6, 6.07) is 7.79. The lowest BCUT2D eigenvalue weighted by Crippen LogP contribution is -2.06. The number of hydrogen-bond donors (Lipinski definition) is 2. The van der Waals surface area contributed by atoms with Crippen LogP contribution >= 0.6 is 0 Å². The maximum Gasteiger partial charge on any atom is 0.419 e. The number of rotatable bonds is 1. The van der Waals surface area contributed by atoms with Crippen LogP contribution in [-0.4, -0.2) is 21.8 Å². The van der Waals surface area contributed by atoms with Gasteiger partial charge in [0.2, 0.25) is 5.78 Å². The second-order valence-corrected chi connectivity index (χ2v) is 5.15. The number of phenolic OH excluding ortho intramolecular Hbond substituents is 1. The number of carbonyl (C=O) groups is 1. The van der Waals surface area contributed by atoms with Gasteiger partial charge in [-0.25, -0.2) is 0 Å². The van der Waals surface area contributed by atoms with E-state index in [0.717, 1.165) is 12.1 Å². The van der Waals surface area contributed by atoms with Gasteiger partial charge in [0.25, 0.3) is 0 Å². The van der Waals surface area contributed by atoms with Crippen LogP contribution in [0, 0.1) is 0 Å². The highest BCUT2D eigenvalue weighted by atomic mass is 19.4. The average molecular weight is 321 g/mol. The quantitative estimate of drug-likeness (QED) is 0.622. The van der Waals surface area contributed by atoms with Gasteiger partial charge < -0.3 is 10.3 Å². The Hall–Kier alpha value is -2.83. The first-order chi connectivity index (χ1) is 10.8. The summed E-state index contributed by atoms with van der Waals surface area (Å²) < 4.78 is 38.6. The van der Waals surface area contributed by atoms with Crippen LogP contribution in [0.5, 0.6) is 5.75 Å². The Morgan fingerprint density at radius 1 is 1.04 bits per heavy atom. The summed E-state index contributed by atoms with van der Waals surface area (Å²) in [6.07, 6.45) is -4.54. The molecule has 0 aliphatic heterocycles. The third-order valence-electron chi connectivity index (χ3n) is 3.73. The third-order valence-corrected chi connectivity index (χ3v) is 3.73. The molecule has 0 radical (unpaired) electrons. The van der Waals surface area contributed by atoms with Crippen molar-refractivity contribution in [3.05, 3.63) is 53.1 Å². The van der Waals surface area contributed by atoms with Crippen molar-refractivity contribution in [2.24, 2.45) is 5.16 Å². The molecule has 0 amide bonds. The van der Waals surface area contributed by atoms with Crippen molar-refractivity contribution >= 4 is 11.5 Å². The normalized spacial score (nSPS) is 16.0. The van der Waals surface area contributed by atoms with E-state index < -0.39 is 23.3 Å². The predicted molar refractivity (Wildman–Crippen MR) is 75.8 cm³/mol. The minimum Gasteiger partial charge on any atom is -0.507 e. The maximum absolute atomic E-state index is 12.9. The van der Waals surface area contributed by atoms with Crippen molar-refractivity contribution in [1.82, 2.24) is 0 Å². The Morgan fingerprint density at radius 3 is 2.35 bits per heavy atom. The van der Waals surface area contributed by atoms with E-state index in [-0.39, 0.29) is 17.7 Å². The Kier molecular flexibility index (Phi) is 3.35. The van der Waals surface area contributed by atoms with E-state index in [2.05, 4.69) is 5.16 Å². The van der Waals surface area contributed by atoms with Gasteiger partial charge in [0.1, 0.15) is 11.5 Å². The first kappa shape index (κ1) is 15.1. The van der Waals surface area contributed by atoms with E-state index in [1.165, 1.54) is 18.2 Å². The van der Waals surface area contributed by atoms with Crippen molar-refractivity contribution in [3.63, 3.8) is 0 Å². The van der Waals surface area contributed by atoms with Gasteiger partial charge in [0.15, 0.2) is 0 Å². The summed E-state index contributed by atoms with van der Waals surface area (Å²) in [4.78, 5) is 11.8. The lowest BCUT2D eigenvalue weighted by molar-refractivity contribution is -0.138. The molecule has 1 aliphatic carbocycles. The van der Waals surface area contributed by atoms with E-state index >= 15 is 0 Å². The van der Waals surface area contributed by atoms with Gasteiger partial charge in [-0.05, 0) is 28.8 Å². The third kappa shape index (κ3) is 2.54. The zero-order chi connectivity index (χ0) is 16.8. The summed E-state index contributed by atoms with van der Waals surface area (Å²) in [7, 11) is 0. The molecule has 2 aromatic rings. The van der Waals surface area contributed by atoms with E-state index in [1.807, 2.05) is 0 Å². The highest BCUT2D eigenvalue weighted by Crippen LogP contribution is 2.38. The summed E-state index contributed by atoms with van der Waals surface area (Å²) >= 11 is 0. The number of ketones is 1. The first-order valence-electron chi connectivity index (χ1n) is 6.60. The number of halogens is 3. The average Bonchev–Trinajstić information content (AvgIpc) is 2.82. The number of carbonyl (C=O) groups excluding carboxylic acids is 1. The maximum atomic E-state index is 12.9. The van der Waals surface area contributed by atoms with Gasteiger partial charge in [-0.2, -0.15) is 13.2 Å². The number of alkyl halides is 3. The van der Waals surface area contributed by atoms with E-state index in [0.29, 0.717) is 16.7 Å². The Morgan fingerprint density at radius 2 is 1.70 bits per heavy atom. The first-order valence-corrected chi connectivity index (χ1v) is 6.60. The van der Waals surface area contributed by atoms with E-state index in [1.54, 1.807) is 6.07 Å². The number of nitrogens with zero attached hydrogens (tertiary/aromatic N) is 1. The molecule has 0 bridgehead atoms. The minimum atomic E-state index is -4.66. The summed E-state index contributed by atoms with van der Waals surface area (Å²) in [6.45, 7) is 0. The molecule has 0 saturated carbocycles. The highest BCUT2D eigenvalue weighted by molar-refractivity contribution is 6.49. The van der Waals surface area contributed by atoms with Crippen LogP contribution in [0.25, 0.3) is 11.1 Å². The molecule has 4 nitrogen and oxygen atoms in total. The molecular formula is C16H10F3NO3. The number of benzene rings is 2. The van der Waals surface area contributed by atoms with Crippen molar-refractivity contribution in [2.75, 3.05) is 0 Å². The van der Waals surface area contributed by atoms with Gasteiger partial charge in [0, 0.05) is 12.0 Å². The zero-order valence-electron chi connectivity index (χ0n) is 11.6. The molecular weight excluding hydrogens is 311 g/mol. The fourth-order valence-corrected chi connectivity index (χ4v) is 2.58. The summed E-state index contributed by atoms with van der Waals surface area (Å²) in [5, 5.41) is 21.1. The number of fused-ring (bicyclic) bond motifs is 1. The van der Waals surface area contributed by atoms with E-state index in [4.69, 9.17) is 5.21 Å². The lowest BCUT2D eigenvalue weighted by atomic mass is 9.98. The van der Waals surface area contributed by atoms with Crippen LogP contribution in [0.3, 0.4) is 0 Å². The fourth-order valence-electron chi connectivity index (χ4n) is 2.58. The molecule has 118 valence electrons. The SMILES string of the molecule is O=C1/C(=N/O)Cc2cc(-c3ccc(O)c(C(F)(F)F)c3)ccc21. The number of oxime groups is 1. The fraction of sp³-hybridized carbons (Fsp3) is 0.125. The van der Waals surface area contributed by atoms with Gasteiger partial charge in [0.05, 0.1) is 5.56 Å². The molecule has 23 heavy (non-hydrogen) atoms. The minimum absolute atomic E-state index is 0.00108. The number of phenols is 1. The topological polar surface area (TPSA) is 69.9 Å². The Balaban J connectivity index is 2.07. The number of aromatic hydroxyl groups is 1. The Bertz CT molecular complexity index is 841. The van der Waals surface area contributed by atoms with Crippen LogP contribution in [-0.2, 0) is 12.6 Å². The largest absolute Gasteiger partial charge is 0.507 e. The molecule has 0 fully saturated rings. The van der Waals surface area contributed by atoms with Crippen molar-refractivity contribution < 1.29 is 28.3 Å². The molecule has 0 unspecified atom stereocenters. The molecule has 0 saturated heterocycles. The monoisotopic (exact) mass is 321 g/mol. The molecule has 1 aliphatic rings. The van der Waals surface area contributed by atoms with Crippen LogP contribution in [0.4, 0.5) is 13.2 Å².